The van der Waals surface area contributed by atoms with Crippen molar-refractivity contribution in [2.45, 2.75) is 104 Å². The number of H-pyrrole nitrogens is 4. The molecule has 0 saturated carbocycles. The van der Waals surface area contributed by atoms with Crippen LogP contribution in [0.4, 0.5) is 0 Å². The molecule has 4 aromatic heterocycles. The van der Waals surface area contributed by atoms with Gasteiger partial charge in [-0.3, -0.25) is 20.4 Å². The van der Waals surface area contributed by atoms with Gasteiger partial charge in [-0.15, -0.1) is 12.6 Å². The van der Waals surface area contributed by atoms with Gasteiger partial charge in [0.15, 0.2) is 0 Å². The number of hydrogen-bond donors (Lipinski definition) is 8. The van der Waals surface area contributed by atoms with Crippen LogP contribution in [0.25, 0.3) is 43.6 Å². The third-order valence-electron chi connectivity index (χ3n) is 19.2. The molecule has 0 amide bonds. The molecule has 0 radical (unpaired) electrons. The third-order valence-corrected chi connectivity index (χ3v) is 24.5. The maximum absolute atomic E-state index is 12.9. The Balaban J connectivity index is 0.000000130. The molecule has 8 heterocycles. The Hall–Kier alpha value is -7.70. The van der Waals surface area contributed by atoms with Crippen LogP contribution < -0.4 is 0 Å². The van der Waals surface area contributed by atoms with Crippen LogP contribution in [0.3, 0.4) is 0 Å². The zero-order chi connectivity index (χ0) is 71.4. The van der Waals surface area contributed by atoms with E-state index in [-0.39, 0.29) is 23.9 Å². The summed E-state index contributed by atoms with van der Waals surface area (Å²) in [5, 5.41) is 60.0. The van der Waals surface area contributed by atoms with E-state index in [0.717, 1.165) is 137 Å². The number of nitrogens with zero attached hydrogens (tertiary/aromatic N) is 8. The minimum Gasteiger partial charge on any atom is -0.437 e. The van der Waals surface area contributed by atoms with E-state index in [4.69, 9.17) is 4.79 Å². The maximum atomic E-state index is 12.9. The molecule has 28 heteroatoms. The molecule has 7 N–H and O–H groups in total. The molecule has 4 fully saturated rings. The van der Waals surface area contributed by atoms with Crippen molar-refractivity contribution in [3.05, 3.63) is 221 Å². The van der Waals surface area contributed by atoms with Crippen molar-refractivity contribution in [2.24, 2.45) is 0 Å². The van der Waals surface area contributed by atoms with Crippen molar-refractivity contribution in [3.8, 4) is 0 Å². The van der Waals surface area contributed by atoms with Gasteiger partial charge in [-0.2, -0.15) is 20.4 Å². The van der Waals surface area contributed by atoms with Gasteiger partial charge in [0.05, 0.1) is 66.4 Å². The lowest BCUT2D eigenvalue weighted by Crippen LogP contribution is -2.34. The highest BCUT2D eigenvalue weighted by atomic mass is 79.9. The Morgan fingerprint density at radius 1 is 0.436 bits per heavy atom. The molecular formula is C73H82B3BrN12O8S4. The van der Waals surface area contributed by atoms with Crippen molar-refractivity contribution in [1.29, 1.82) is 0 Å². The molecule has 20 nitrogen and oxygen atoms in total. The van der Waals surface area contributed by atoms with E-state index in [1.807, 2.05) is 86.0 Å². The summed E-state index contributed by atoms with van der Waals surface area (Å²) in [5.74, 6) is 1.91. The Kier molecular flexibility index (Phi) is 25.1. The lowest BCUT2D eigenvalue weighted by atomic mass is 9.85. The van der Waals surface area contributed by atoms with Crippen LogP contribution >= 0.6 is 40.3 Å². The van der Waals surface area contributed by atoms with Gasteiger partial charge >= 0.3 is 21.2 Å². The average molecular weight is 1500 g/mol. The predicted molar refractivity (Wildman–Crippen MR) is 410 cm³/mol. The molecule has 522 valence electrons. The number of benzene rings is 8. The third kappa shape index (κ3) is 18.8. The van der Waals surface area contributed by atoms with E-state index in [1.54, 1.807) is 97.8 Å². The van der Waals surface area contributed by atoms with Crippen LogP contribution in [0.5, 0.6) is 0 Å². The molecule has 0 bridgehead atoms. The number of fused-ring (bicyclic) bond motifs is 4. The SMILES string of the molecule is Brc1ccc2[nH]ncc2c1.C=O.CB(O)N1CC[C@@H](c2ccc(S(=O)(=O)c3ccc4[nH]ncc4c3)cc2)C1.CB(O)N1CC[C@@H](c2ccc(S)cc2)C1.CB(O)N1CC[C@@H](c2ccc(Sc3ccc4[nH]ncc4c3)cc2)C1.CN1CC[C@@H](c2ccc(S(=O)(=O)c3ccc4[nH]ncc4c3)cc2)C1. The van der Waals surface area contributed by atoms with Gasteiger partial charge in [0.25, 0.3) is 0 Å². The van der Waals surface area contributed by atoms with Crippen molar-refractivity contribution in [3.63, 3.8) is 0 Å². The second-order valence-corrected chi connectivity index (χ2v) is 32.4. The van der Waals surface area contributed by atoms with E-state index in [9.17, 15) is 31.9 Å². The molecule has 12 aromatic rings. The molecule has 4 saturated heterocycles. The summed E-state index contributed by atoms with van der Waals surface area (Å²) in [6, 6.07) is 54.0. The standard InChI is InChI=1S/C18H20BN3O3S.C18H20BN3OS.C18H19N3O2S.C11H16BNOS.C7H5BrN2.CH2O/c1-19(23)22-9-8-14(12-22)13-2-4-16(5-3-13)26(24,25)17-6-7-18-15(10-17)11-20-21-18;1-19(23)22-9-8-14(12-22)13-2-4-16(5-3-13)24-17-6-7-18-15(10-17)11-20-21-18;1-21-9-8-14(12-21)13-2-4-16(5-3-13)24(22,23)17-6-7-18-15(10-17)11-19-20-18;1-12(14)13-7-6-10(8-13)9-2-4-11(15)5-3-9;8-6-1-2-7-5(3-6)4-9-10-7;1-2/h2-7,10-11,14,23H,8-9,12H2,1H3,(H,20,21);2-7,10-11,14,23H,8-9,12H2,1H3,(H,20,21);2-7,10-11,14H,8-9,12H2,1H3,(H,19,20);2-5,10,14-15H,6-8H2,1H3;1-4H,(H,9,10);1H2/t3*14-;10-;;/m1111../s1. The number of aromatic nitrogens is 8. The summed E-state index contributed by atoms with van der Waals surface area (Å²) in [7, 11) is -6.07. The van der Waals surface area contributed by atoms with Crippen LogP contribution in [0.2, 0.25) is 20.5 Å². The number of thiol groups is 1. The summed E-state index contributed by atoms with van der Waals surface area (Å²) >= 11 is 9.42. The van der Waals surface area contributed by atoms with Gasteiger partial charge < -0.3 is 39.2 Å². The Labute approximate surface area is 608 Å². The Bertz CT molecular complexity index is 4920. The molecule has 4 aliphatic heterocycles. The van der Waals surface area contributed by atoms with E-state index < -0.39 is 26.7 Å². The molecule has 0 spiro atoms. The Morgan fingerprint density at radius 2 is 0.752 bits per heavy atom. The van der Waals surface area contributed by atoms with E-state index in [0.29, 0.717) is 33.5 Å². The summed E-state index contributed by atoms with van der Waals surface area (Å²) < 4.78 is 52.6. The number of likely N-dealkylation sites (tertiary alicyclic amines) is 1. The van der Waals surface area contributed by atoms with Gasteiger partial charge in [-0.05, 0) is 266 Å². The molecule has 0 aliphatic carbocycles. The lowest BCUT2D eigenvalue weighted by molar-refractivity contribution is -0.0980. The maximum Gasteiger partial charge on any atom is 0.376 e. The highest BCUT2D eigenvalue weighted by molar-refractivity contribution is 9.10. The molecular weight excluding hydrogens is 1410 g/mol. The van der Waals surface area contributed by atoms with Crippen LogP contribution in [-0.4, -0.2) is 179 Å². The molecule has 4 atom stereocenters. The normalized spacial score (nSPS) is 18.0. The largest absolute Gasteiger partial charge is 0.437 e. The first-order valence-electron chi connectivity index (χ1n) is 33.6. The highest BCUT2D eigenvalue weighted by Gasteiger charge is 2.31. The number of likely N-dealkylation sites (N-methyl/N-ethyl adjacent to an activating group) is 1. The van der Waals surface area contributed by atoms with Crippen LogP contribution in [0, 0.1) is 0 Å². The summed E-state index contributed by atoms with van der Waals surface area (Å²) in [6.07, 6.45) is 11.3. The quantitative estimate of drug-likeness (QED) is 0.0394. The lowest BCUT2D eigenvalue weighted by Gasteiger charge is -2.16. The first-order valence-corrected chi connectivity index (χ1v) is 38.6. The number of carbonyl (C=O) groups is 1. The number of rotatable bonds is 13. The summed E-state index contributed by atoms with van der Waals surface area (Å²) in [5.41, 5.74) is 8.82. The molecule has 0 unspecified atom stereocenters. The smallest absolute Gasteiger partial charge is 0.376 e. The van der Waals surface area contributed by atoms with Gasteiger partial charge in [-0.1, -0.05) is 76.2 Å². The fourth-order valence-electron chi connectivity index (χ4n) is 13.3. The van der Waals surface area contributed by atoms with E-state index in [2.05, 4.69) is 146 Å². The number of nitrogens with one attached hydrogen (secondary N) is 4. The van der Waals surface area contributed by atoms with Crippen LogP contribution in [0.1, 0.15) is 71.6 Å². The number of halogens is 1. The number of sulfone groups is 2. The van der Waals surface area contributed by atoms with Crippen LogP contribution in [-0.2, 0) is 24.5 Å². The van der Waals surface area contributed by atoms with Crippen molar-refractivity contribution < 1.29 is 36.7 Å². The zero-order valence-electron chi connectivity index (χ0n) is 56.7. The molecule has 4 aliphatic rings. The second kappa shape index (κ2) is 34.1. The van der Waals surface area contributed by atoms with Gasteiger partial charge in [-0.25, -0.2) is 16.8 Å². The summed E-state index contributed by atoms with van der Waals surface area (Å²) in [4.78, 5) is 21.2. The zero-order valence-corrected chi connectivity index (χ0v) is 61.6. The van der Waals surface area contributed by atoms with E-state index >= 15 is 0 Å². The van der Waals surface area contributed by atoms with Gasteiger partial charge in [0, 0.05) is 47.2 Å². The first-order chi connectivity index (χ1) is 48.7. The minimum absolute atomic E-state index is 0.264. The van der Waals surface area contributed by atoms with Crippen LogP contribution in [0.15, 0.2) is 233 Å². The number of aromatic amines is 4. The topological polar surface area (TPSA) is 274 Å². The first kappa shape index (κ1) is 74.5. The van der Waals surface area contributed by atoms with Gasteiger partial charge in [0.2, 0.25) is 19.7 Å². The molecule has 16 rings (SSSR count). The second-order valence-electron chi connectivity index (χ2n) is 26.0. The van der Waals surface area contributed by atoms with Crippen molar-refractivity contribution in [1.82, 2.24) is 60.1 Å². The fraction of sp³-hybridized carbons (Fsp3) is 0.274. The van der Waals surface area contributed by atoms with Gasteiger partial charge in [0.1, 0.15) is 6.79 Å². The fourth-order valence-corrected chi connectivity index (χ4v) is 17.3. The average Bonchev–Trinajstić information content (AvgIpc) is 1.78. The van der Waals surface area contributed by atoms with E-state index in [1.165, 1.54) is 26.5 Å². The van der Waals surface area contributed by atoms with Crippen molar-refractivity contribution in [2.75, 3.05) is 59.4 Å². The predicted octanol–water partition coefficient (Wildman–Crippen LogP) is 12.7. The summed E-state index contributed by atoms with van der Waals surface area (Å²) in [6.45, 7) is 15.1. The van der Waals surface area contributed by atoms with Crippen molar-refractivity contribution >= 4 is 132 Å². The molecule has 8 aromatic carbocycles. The number of carbonyl (C=O) groups excluding carboxylic acids is 1. The number of hydrogen-bond acceptors (Lipinski definition) is 18. The molecule has 101 heavy (non-hydrogen) atoms. The highest BCUT2D eigenvalue weighted by Crippen LogP contribution is 2.36. The Morgan fingerprint density at radius 3 is 1.13 bits per heavy atom. The minimum atomic E-state index is -3.56. The monoisotopic (exact) mass is 1490 g/mol.